The van der Waals surface area contributed by atoms with Crippen molar-refractivity contribution in [3.05, 3.63) is 58.2 Å². The number of anilines is 1. The average molecular weight is 344 g/mol. The van der Waals surface area contributed by atoms with Gasteiger partial charge >= 0.3 is 4.87 Å². The molecule has 2 aromatic carbocycles. The maximum atomic E-state index is 12.3. The van der Waals surface area contributed by atoms with Crippen molar-refractivity contribution in [3.8, 4) is 0 Å². The minimum absolute atomic E-state index is 0.00326. The molecule has 0 radical (unpaired) electrons. The molecule has 0 aliphatic heterocycles. The molecule has 0 unspecified atom stereocenters. The van der Waals surface area contributed by atoms with Gasteiger partial charge in [0.1, 0.15) is 0 Å². The molecule has 0 saturated heterocycles. The van der Waals surface area contributed by atoms with Crippen molar-refractivity contribution in [2.24, 2.45) is 7.05 Å². The fraction of sp³-hybridized carbons (Fsp3) is 0.176. The number of hydrogen-bond acceptors (Lipinski definition) is 4. The summed E-state index contributed by atoms with van der Waals surface area (Å²) in [6.07, 6.45) is 0. The number of benzene rings is 2. The second kappa shape index (κ2) is 6.60. The highest BCUT2D eigenvalue weighted by atomic mass is 32.2. The maximum Gasteiger partial charge on any atom is 0.307 e. The standard InChI is InChI=1S/C17H16N2O2S2/c1-11(22-13-6-4-3-5-7-13)16(20)18-12-8-9-14-15(10-12)23-17(21)19(14)2/h3-11H,1-2H3,(H,18,20)/t11-/m1/s1. The van der Waals surface area contributed by atoms with Crippen molar-refractivity contribution in [1.29, 1.82) is 0 Å². The van der Waals surface area contributed by atoms with Crippen molar-refractivity contribution < 1.29 is 4.79 Å². The second-order valence-corrected chi connectivity index (χ2v) is 7.58. The molecular formula is C17H16N2O2S2. The summed E-state index contributed by atoms with van der Waals surface area (Å²) < 4.78 is 2.48. The zero-order valence-electron chi connectivity index (χ0n) is 12.8. The number of thioether (sulfide) groups is 1. The highest BCUT2D eigenvalue weighted by Crippen LogP contribution is 2.25. The van der Waals surface area contributed by atoms with E-state index in [2.05, 4.69) is 5.32 Å². The van der Waals surface area contributed by atoms with Gasteiger partial charge in [0.2, 0.25) is 5.91 Å². The van der Waals surface area contributed by atoms with E-state index in [9.17, 15) is 9.59 Å². The molecule has 3 aromatic rings. The van der Waals surface area contributed by atoms with Crippen LogP contribution in [0, 0.1) is 0 Å². The van der Waals surface area contributed by atoms with Crippen LogP contribution in [0.25, 0.3) is 10.2 Å². The van der Waals surface area contributed by atoms with Gasteiger partial charge in [0.25, 0.3) is 0 Å². The van der Waals surface area contributed by atoms with Gasteiger partial charge in [0, 0.05) is 17.6 Å². The Bertz CT molecular complexity index is 900. The Hall–Kier alpha value is -2.05. The molecule has 0 spiro atoms. The number of rotatable bonds is 4. The Morgan fingerprint density at radius 3 is 2.70 bits per heavy atom. The third-order valence-electron chi connectivity index (χ3n) is 3.49. The third kappa shape index (κ3) is 3.48. The summed E-state index contributed by atoms with van der Waals surface area (Å²) in [6.45, 7) is 1.88. The Kier molecular flexibility index (Phi) is 4.54. The zero-order chi connectivity index (χ0) is 16.4. The first kappa shape index (κ1) is 15.8. The summed E-state index contributed by atoms with van der Waals surface area (Å²) in [4.78, 5) is 25.1. The van der Waals surface area contributed by atoms with Gasteiger partial charge in [-0.3, -0.25) is 9.59 Å². The molecule has 0 aliphatic rings. The van der Waals surface area contributed by atoms with Crippen molar-refractivity contribution in [2.45, 2.75) is 17.1 Å². The van der Waals surface area contributed by atoms with Gasteiger partial charge in [-0.1, -0.05) is 29.5 Å². The molecule has 0 aliphatic carbocycles. The summed E-state index contributed by atoms with van der Waals surface area (Å²) in [7, 11) is 1.75. The van der Waals surface area contributed by atoms with Crippen LogP contribution >= 0.6 is 23.1 Å². The lowest BCUT2D eigenvalue weighted by atomic mass is 10.3. The Balaban J connectivity index is 1.73. The number of carbonyl (C=O) groups excluding carboxylic acids is 1. The van der Waals surface area contributed by atoms with Crippen LogP contribution in [0.4, 0.5) is 5.69 Å². The van der Waals surface area contributed by atoms with Gasteiger partial charge in [-0.25, -0.2) is 0 Å². The van der Waals surface area contributed by atoms with E-state index in [1.165, 1.54) is 23.1 Å². The van der Waals surface area contributed by atoms with E-state index in [0.717, 1.165) is 15.1 Å². The Labute approximate surface area is 142 Å². The SMILES string of the molecule is C[C@@H](Sc1ccccc1)C(=O)Nc1ccc2c(c1)sc(=O)n2C. The lowest BCUT2D eigenvalue weighted by molar-refractivity contribution is -0.115. The predicted octanol–water partition coefficient (Wildman–Crippen LogP) is 3.72. The lowest BCUT2D eigenvalue weighted by Crippen LogP contribution is -2.22. The van der Waals surface area contributed by atoms with E-state index in [-0.39, 0.29) is 16.0 Å². The van der Waals surface area contributed by atoms with E-state index in [1.807, 2.05) is 55.5 Å². The van der Waals surface area contributed by atoms with Gasteiger partial charge in [0.05, 0.1) is 15.5 Å². The number of fused-ring (bicyclic) bond motifs is 1. The molecule has 1 N–H and O–H groups in total. The first-order chi connectivity index (χ1) is 11.0. The van der Waals surface area contributed by atoms with Crippen LogP contribution in [0.1, 0.15) is 6.92 Å². The van der Waals surface area contributed by atoms with Crippen LogP contribution in [-0.4, -0.2) is 15.7 Å². The summed E-state index contributed by atoms with van der Waals surface area (Å²) >= 11 is 2.70. The first-order valence-electron chi connectivity index (χ1n) is 7.17. The fourth-order valence-electron chi connectivity index (χ4n) is 2.21. The number of nitrogens with one attached hydrogen (secondary N) is 1. The summed E-state index contributed by atoms with van der Waals surface area (Å²) in [5.41, 5.74) is 1.59. The minimum atomic E-state index is -0.206. The van der Waals surface area contributed by atoms with Gasteiger partial charge < -0.3 is 9.88 Å². The number of carbonyl (C=O) groups is 1. The largest absolute Gasteiger partial charge is 0.325 e. The molecule has 1 amide bonds. The highest BCUT2D eigenvalue weighted by Gasteiger charge is 2.15. The quantitative estimate of drug-likeness (QED) is 0.734. The van der Waals surface area contributed by atoms with E-state index < -0.39 is 0 Å². The van der Waals surface area contributed by atoms with Crippen molar-refractivity contribution >= 4 is 44.9 Å². The molecule has 4 nitrogen and oxygen atoms in total. The van der Waals surface area contributed by atoms with E-state index >= 15 is 0 Å². The van der Waals surface area contributed by atoms with Crippen molar-refractivity contribution in [1.82, 2.24) is 4.57 Å². The van der Waals surface area contributed by atoms with Gasteiger partial charge in [-0.05, 0) is 37.3 Å². The first-order valence-corrected chi connectivity index (χ1v) is 8.86. The maximum absolute atomic E-state index is 12.3. The van der Waals surface area contributed by atoms with Crippen LogP contribution in [0.3, 0.4) is 0 Å². The second-order valence-electron chi connectivity index (χ2n) is 5.17. The highest BCUT2D eigenvalue weighted by molar-refractivity contribution is 8.00. The topological polar surface area (TPSA) is 51.1 Å². The molecule has 1 atom stereocenters. The molecule has 6 heteroatoms. The van der Waals surface area contributed by atoms with Gasteiger partial charge in [-0.15, -0.1) is 11.8 Å². The number of nitrogens with zero attached hydrogens (tertiary/aromatic N) is 1. The molecule has 0 saturated carbocycles. The average Bonchev–Trinajstić information content (AvgIpc) is 2.82. The van der Waals surface area contributed by atoms with E-state index in [1.54, 1.807) is 11.6 Å². The smallest absolute Gasteiger partial charge is 0.307 e. The predicted molar refractivity (Wildman–Crippen MR) is 97.5 cm³/mol. The molecular weight excluding hydrogens is 328 g/mol. The molecule has 0 fully saturated rings. The Morgan fingerprint density at radius 2 is 1.96 bits per heavy atom. The lowest BCUT2D eigenvalue weighted by Gasteiger charge is -2.12. The zero-order valence-corrected chi connectivity index (χ0v) is 14.4. The van der Waals surface area contributed by atoms with Crippen LogP contribution in [0.5, 0.6) is 0 Å². The number of aryl methyl sites for hydroxylation is 1. The van der Waals surface area contributed by atoms with E-state index in [0.29, 0.717) is 5.69 Å². The summed E-state index contributed by atoms with van der Waals surface area (Å²) in [6, 6.07) is 15.4. The minimum Gasteiger partial charge on any atom is -0.325 e. The Morgan fingerprint density at radius 1 is 1.22 bits per heavy atom. The van der Waals surface area contributed by atoms with Crippen LogP contribution < -0.4 is 10.2 Å². The van der Waals surface area contributed by atoms with Crippen LogP contribution in [0.15, 0.2) is 58.2 Å². The third-order valence-corrected chi connectivity index (χ3v) is 5.59. The monoisotopic (exact) mass is 344 g/mol. The molecule has 0 bridgehead atoms. The number of amides is 1. The number of aromatic nitrogens is 1. The fourth-order valence-corrected chi connectivity index (χ4v) is 4.02. The molecule has 3 rings (SSSR count). The number of hydrogen-bond donors (Lipinski definition) is 1. The van der Waals surface area contributed by atoms with E-state index in [4.69, 9.17) is 0 Å². The van der Waals surface area contributed by atoms with Crippen molar-refractivity contribution in [3.63, 3.8) is 0 Å². The van der Waals surface area contributed by atoms with Gasteiger partial charge in [-0.2, -0.15) is 0 Å². The molecule has 118 valence electrons. The molecule has 1 heterocycles. The summed E-state index contributed by atoms with van der Waals surface area (Å²) in [5, 5.41) is 2.71. The van der Waals surface area contributed by atoms with Crippen LogP contribution in [-0.2, 0) is 11.8 Å². The number of thiazole rings is 1. The van der Waals surface area contributed by atoms with Crippen LogP contribution in [0.2, 0.25) is 0 Å². The van der Waals surface area contributed by atoms with Gasteiger partial charge in [0.15, 0.2) is 0 Å². The normalized spacial score (nSPS) is 12.3. The molecule has 23 heavy (non-hydrogen) atoms. The summed E-state index contributed by atoms with van der Waals surface area (Å²) in [5.74, 6) is -0.0542. The molecule has 1 aromatic heterocycles. The van der Waals surface area contributed by atoms with Crippen molar-refractivity contribution in [2.75, 3.05) is 5.32 Å².